The molecule has 0 spiro atoms. The molecule has 1 atom stereocenters. The highest BCUT2D eigenvalue weighted by Crippen LogP contribution is 2.39. The van der Waals surface area contributed by atoms with Crippen LogP contribution >= 0.6 is 0 Å². The minimum absolute atomic E-state index is 0.262. The van der Waals surface area contributed by atoms with E-state index in [0.717, 1.165) is 22.5 Å². The van der Waals surface area contributed by atoms with Gasteiger partial charge in [-0.25, -0.2) is 0 Å². The molecule has 0 radical (unpaired) electrons. The van der Waals surface area contributed by atoms with E-state index in [2.05, 4.69) is 17.0 Å². The average molecular weight is 252 g/mol. The number of anilines is 2. The third kappa shape index (κ3) is 1.87. The molecular weight excluding hydrogens is 236 g/mol. The van der Waals surface area contributed by atoms with Crippen LogP contribution in [0.25, 0.3) is 0 Å². The number of nitrogens with two attached hydrogens (primary N) is 1. The second kappa shape index (κ2) is 4.43. The molecule has 2 aromatic carbocycles. The van der Waals surface area contributed by atoms with Crippen molar-refractivity contribution in [2.75, 3.05) is 11.9 Å². The van der Waals surface area contributed by atoms with Gasteiger partial charge in [-0.2, -0.15) is 0 Å². The Hall–Kier alpha value is -2.29. The normalized spacial score (nSPS) is 17.3. The molecular formula is C16H16N2O. The van der Waals surface area contributed by atoms with Crippen molar-refractivity contribution >= 4 is 17.3 Å². The molecule has 3 rings (SSSR count). The van der Waals surface area contributed by atoms with Crippen LogP contribution in [0.3, 0.4) is 0 Å². The Morgan fingerprint density at radius 3 is 2.47 bits per heavy atom. The summed E-state index contributed by atoms with van der Waals surface area (Å²) in [7, 11) is 2.03. The minimum Gasteiger partial charge on any atom is -0.369 e. The number of hydrogen-bond acceptors (Lipinski definition) is 2. The molecule has 3 heteroatoms. The van der Waals surface area contributed by atoms with Gasteiger partial charge in [-0.3, -0.25) is 4.79 Å². The van der Waals surface area contributed by atoms with Crippen molar-refractivity contribution in [2.45, 2.75) is 12.3 Å². The van der Waals surface area contributed by atoms with Crippen molar-refractivity contribution in [2.24, 2.45) is 5.73 Å². The van der Waals surface area contributed by atoms with E-state index in [9.17, 15) is 4.79 Å². The van der Waals surface area contributed by atoms with Crippen molar-refractivity contribution < 1.29 is 4.79 Å². The van der Waals surface area contributed by atoms with Crippen molar-refractivity contribution in [3.63, 3.8) is 0 Å². The fourth-order valence-electron chi connectivity index (χ4n) is 2.81. The number of hydrogen-bond donors (Lipinski definition) is 1. The standard InChI is InChI=1S/C16H16N2O/c1-18-14-8-4-2-6-11(14)10-13(16(17)19)12-7-3-5-9-15(12)18/h2-9,13H,10H2,1H3,(H2,17,19). The lowest BCUT2D eigenvalue weighted by Gasteiger charge is -2.22. The second-order valence-corrected chi connectivity index (χ2v) is 4.91. The summed E-state index contributed by atoms with van der Waals surface area (Å²) in [5, 5.41) is 0. The third-order valence-electron chi connectivity index (χ3n) is 3.79. The van der Waals surface area contributed by atoms with Gasteiger partial charge < -0.3 is 10.6 Å². The molecule has 0 saturated carbocycles. The van der Waals surface area contributed by atoms with E-state index in [1.54, 1.807) is 0 Å². The van der Waals surface area contributed by atoms with Gasteiger partial charge >= 0.3 is 0 Å². The predicted octanol–water partition coefficient (Wildman–Crippen LogP) is 2.58. The van der Waals surface area contributed by atoms with E-state index < -0.39 is 0 Å². The molecule has 1 heterocycles. The van der Waals surface area contributed by atoms with Gasteiger partial charge in [0.25, 0.3) is 0 Å². The first-order valence-electron chi connectivity index (χ1n) is 6.38. The summed E-state index contributed by atoms with van der Waals surface area (Å²) >= 11 is 0. The maximum absolute atomic E-state index is 11.8. The number of benzene rings is 2. The summed E-state index contributed by atoms with van der Waals surface area (Å²) in [6.07, 6.45) is 0.660. The fraction of sp³-hybridized carbons (Fsp3) is 0.188. The van der Waals surface area contributed by atoms with E-state index in [4.69, 9.17) is 5.73 Å². The van der Waals surface area contributed by atoms with E-state index in [1.165, 1.54) is 0 Å². The van der Waals surface area contributed by atoms with Crippen molar-refractivity contribution in [3.05, 3.63) is 59.7 Å². The first-order valence-corrected chi connectivity index (χ1v) is 6.38. The van der Waals surface area contributed by atoms with Crippen LogP contribution in [0.15, 0.2) is 48.5 Å². The monoisotopic (exact) mass is 252 g/mol. The number of primary amides is 1. The number of rotatable bonds is 1. The topological polar surface area (TPSA) is 46.3 Å². The molecule has 2 aromatic rings. The summed E-state index contributed by atoms with van der Waals surface area (Å²) in [6.45, 7) is 0. The number of fused-ring (bicyclic) bond motifs is 2. The van der Waals surface area contributed by atoms with Crippen LogP contribution < -0.4 is 10.6 Å². The van der Waals surface area contributed by atoms with Gasteiger partial charge in [-0.05, 0) is 29.7 Å². The Kier molecular flexibility index (Phi) is 2.75. The van der Waals surface area contributed by atoms with E-state index in [0.29, 0.717) is 6.42 Å². The molecule has 1 amide bonds. The SMILES string of the molecule is CN1c2ccccc2CC(C(N)=O)c2ccccc21. The molecule has 0 saturated heterocycles. The van der Waals surface area contributed by atoms with Crippen molar-refractivity contribution in [1.82, 2.24) is 0 Å². The Labute approximate surface area is 112 Å². The zero-order valence-corrected chi connectivity index (χ0v) is 10.8. The lowest BCUT2D eigenvalue weighted by atomic mass is 9.91. The molecule has 0 aliphatic carbocycles. The van der Waals surface area contributed by atoms with Gasteiger partial charge in [0.15, 0.2) is 0 Å². The van der Waals surface area contributed by atoms with E-state index in [-0.39, 0.29) is 11.8 Å². The highest BCUT2D eigenvalue weighted by Gasteiger charge is 2.27. The van der Waals surface area contributed by atoms with Crippen molar-refractivity contribution in [1.29, 1.82) is 0 Å². The highest BCUT2D eigenvalue weighted by atomic mass is 16.1. The number of carbonyl (C=O) groups is 1. The molecule has 0 bridgehead atoms. The average Bonchev–Trinajstić information content (AvgIpc) is 2.56. The number of nitrogens with zero attached hydrogens (tertiary/aromatic N) is 1. The van der Waals surface area contributed by atoms with Crippen LogP contribution in [0.1, 0.15) is 17.0 Å². The zero-order chi connectivity index (χ0) is 13.4. The van der Waals surface area contributed by atoms with Gasteiger partial charge in [0, 0.05) is 18.4 Å². The molecule has 0 aromatic heterocycles. The number of amides is 1. The van der Waals surface area contributed by atoms with Gasteiger partial charge in [0.2, 0.25) is 5.91 Å². The van der Waals surface area contributed by atoms with Crippen LogP contribution in [-0.2, 0) is 11.2 Å². The van der Waals surface area contributed by atoms with E-state index in [1.807, 2.05) is 43.4 Å². The quantitative estimate of drug-likeness (QED) is 0.848. The lowest BCUT2D eigenvalue weighted by molar-refractivity contribution is -0.119. The molecule has 96 valence electrons. The van der Waals surface area contributed by atoms with Crippen LogP contribution in [0.4, 0.5) is 11.4 Å². The van der Waals surface area contributed by atoms with Gasteiger partial charge in [-0.1, -0.05) is 36.4 Å². The minimum atomic E-state index is -0.266. The fourth-order valence-corrected chi connectivity index (χ4v) is 2.81. The Balaban J connectivity index is 2.24. The maximum atomic E-state index is 11.8. The molecule has 1 aliphatic rings. The smallest absolute Gasteiger partial charge is 0.225 e. The van der Waals surface area contributed by atoms with Crippen molar-refractivity contribution in [3.8, 4) is 0 Å². The van der Waals surface area contributed by atoms with Gasteiger partial charge in [-0.15, -0.1) is 0 Å². The molecule has 1 aliphatic heterocycles. The molecule has 0 fully saturated rings. The van der Waals surface area contributed by atoms with Gasteiger partial charge in [0.1, 0.15) is 0 Å². The summed E-state index contributed by atoms with van der Waals surface area (Å²) in [5.74, 6) is -0.528. The molecule has 2 N–H and O–H groups in total. The zero-order valence-electron chi connectivity index (χ0n) is 10.8. The van der Waals surface area contributed by atoms with Crippen LogP contribution in [0.2, 0.25) is 0 Å². The highest BCUT2D eigenvalue weighted by molar-refractivity contribution is 5.87. The summed E-state index contributed by atoms with van der Waals surface area (Å²) < 4.78 is 0. The number of para-hydroxylation sites is 2. The largest absolute Gasteiger partial charge is 0.369 e. The predicted molar refractivity (Wildman–Crippen MR) is 76.6 cm³/mol. The first kappa shape index (κ1) is 11.8. The molecule has 3 nitrogen and oxygen atoms in total. The first-order chi connectivity index (χ1) is 9.18. The Morgan fingerprint density at radius 2 is 1.74 bits per heavy atom. The Morgan fingerprint density at radius 1 is 1.11 bits per heavy atom. The van der Waals surface area contributed by atoms with E-state index >= 15 is 0 Å². The summed E-state index contributed by atoms with van der Waals surface area (Å²) in [4.78, 5) is 13.9. The Bertz CT molecular complexity index is 636. The second-order valence-electron chi connectivity index (χ2n) is 4.91. The summed E-state index contributed by atoms with van der Waals surface area (Å²) in [6, 6.07) is 16.1. The van der Waals surface area contributed by atoms with Crippen LogP contribution in [0, 0.1) is 0 Å². The summed E-state index contributed by atoms with van der Waals surface area (Å²) in [5.41, 5.74) is 9.95. The molecule has 19 heavy (non-hydrogen) atoms. The molecule has 1 unspecified atom stereocenters. The maximum Gasteiger partial charge on any atom is 0.225 e. The third-order valence-corrected chi connectivity index (χ3v) is 3.79. The lowest BCUT2D eigenvalue weighted by Crippen LogP contribution is -2.23. The van der Waals surface area contributed by atoms with Crippen LogP contribution in [-0.4, -0.2) is 13.0 Å². The van der Waals surface area contributed by atoms with Crippen LogP contribution in [0.5, 0.6) is 0 Å². The number of carbonyl (C=O) groups excluding carboxylic acids is 1. The van der Waals surface area contributed by atoms with Gasteiger partial charge in [0.05, 0.1) is 5.92 Å².